The summed E-state index contributed by atoms with van der Waals surface area (Å²) >= 11 is 1.28. The summed E-state index contributed by atoms with van der Waals surface area (Å²) in [6, 6.07) is 0. The predicted octanol–water partition coefficient (Wildman–Crippen LogP) is 1.26. The molecule has 1 aromatic heterocycles. The fourth-order valence-corrected chi connectivity index (χ4v) is 1.78. The summed E-state index contributed by atoms with van der Waals surface area (Å²) in [5.41, 5.74) is 7.37. The highest BCUT2D eigenvalue weighted by molar-refractivity contribution is 7.10. The van der Waals surface area contributed by atoms with Crippen LogP contribution in [0.5, 0.6) is 0 Å². The van der Waals surface area contributed by atoms with E-state index in [0.29, 0.717) is 13.0 Å². The highest BCUT2D eigenvalue weighted by atomic mass is 32.1. The van der Waals surface area contributed by atoms with Crippen LogP contribution in [-0.4, -0.2) is 10.3 Å². The average Bonchev–Trinajstić information content (AvgIpc) is 2.46. The maximum Gasteiger partial charge on any atom is 0.224 e. The molecule has 0 radical (unpaired) electrons. The van der Waals surface area contributed by atoms with E-state index >= 15 is 0 Å². The molecule has 0 spiro atoms. The molecule has 0 bridgehead atoms. The van der Waals surface area contributed by atoms with Crippen LogP contribution in [0.4, 0.5) is 5.00 Å². The number of hydrogen-bond donors (Lipinski definition) is 2. The van der Waals surface area contributed by atoms with Gasteiger partial charge >= 0.3 is 0 Å². The Morgan fingerprint density at radius 3 is 2.92 bits per heavy atom. The molecule has 0 unspecified atom stereocenters. The summed E-state index contributed by atoms with van der Waals surface area (Å²) in [5, 5.41) is 3.55. The van der Waals surface area contributed by atoms with E-state index in [9.17, 15) is 4.79 Å². The van der Waals surface area contributed by atoms with Gasteiger partial charge in [-0.2, -0.15) is 4.37 Å². The lowest BCUT2D eigenvalue weighted by Crippen LogP contribution is -2.11. The number of nitrogens with one attached hydrogen (secondary N) is 1. The number of carbonyl (C=O) groups is 1. The first-order valence-corrected chi connectivity index (χ1v) is 4.91. The minimum atomic E-state index is -0.00153. The number of aromatic nitrogens is 1. The predicted molar refractivity (Wildman–Crippen MR) is 53.7 cm³/mol. The van der Waals surface area contributed by atoms with Crippen LogP contribution in [-0.2, 0) is 11.3 Å². The maximum atomic E-state index is 11.1. The van der Waals surface area contributed by atoms with E-state index in [2.05, 4.69) is 9.69 Å². The summed E-state index contributed by atoms with van der Waals surface area (Å²) in [5.74, 6) is -0.00153. The molecular weight excluding hydrogens is 186 g/mol. The Morgan fingerprint density at radius 1 is 1.69 bits per heavy atom. The second-order valence-corrected chi connectivity index (χ2v) is 3.45. The number of rotatable bonds is 3. The minimum Gasteiger partial charge on any atom is -0.326 e. The first-order valence-electron chi connectivity index (χ1n) is 4.14. The standard InChI is InChI=1S/C8H13N3OS/c1-3-7(12)10-8-6(4-9)5(2)11-13-8/h3-4,9H2,1-2H3,(H,10,12). The number of carbonyl (C=O) groups excluding carboxylic acids is 1. The summed E-state index contributed by atoms with van der Waals surface area (Å²) < 4.78 is 4.12. The molecule has 1 rings (SSSR count). The first kappa shape index (κ1) is 10.1. The summed E-state index contributed by atoms with van der Waals surface area (Å²) in [4.78, 5) is 11.1. The van der Waals surface area contributed by atoms with Gasteiger partial charge in [-0.3, -0.25) is 4.79 Å². The highest BCUT2D eigenvalue weighted by Crippen LogP contribution is 2.23. The number of hydrogen-bond acceptors (Lipinski definition) is 4. The highest BCUT2D eigenvalue weighted by Gasteiger charge is 2.10. The van der Waals surface area contributed by atoms with Gasteiger partial charge in [0.15, 0.2) is 0 Å². The van der Waals surface area contributed by atoms with Crippen molar-refractivity contribution in [2.75, 3.05) is 5.32 Å². The second-order valence-electron chi connectivity index (χ2n) is 2.68. The molecule has 72 valence electrons. The summed E-state index contributed by atoms with van der Waals surface area (Å²) in [6.07, 6.45) is 0.473. The van der Waals surface area contributed by atoms with Crippen molar-refractivity contribution in [1.29, 1.82) is 0 Å². The summed E-state index contributed by atoms with van der Waals surface area (Å²) in [6.45, 7) is 4.12. The lowest BCUT2D eigenvalue weighted by Gasteiger charge is -2.01. The number of amides is 1. The SMILES string of the molecule is CCC(=O)Nc1snc(C)c1CN. The fraction of sp³-hybridized carbons (Fsp3) is 0.500. The van der Waals surface area contributed by atoms with Crippen LogP contribution in [0.15, 0.2) is 0 Å². The lowest BCUT2D eigenvalue weighted by atomic mass is 10.2. The average molecular weight is 199 g/mol. The topological polar surface area (TPSA) is 68.0 Å². The van der Waals surface area contributed by atoms with Crippen molar-refractivity contribution >= 4 is 22.4 Å². The van der Waals surface area contributed by atoms with Crippen LogP contribution < -0.4 is 11.1 Å². The molecule has 4 nitrogen and oxygen atoms in total. The van der Waals surface area contributed by atoms with Gasteiger partial charge in [-0.15, -0.1) is 0 Å². The van der Waals surface area contributed by atoms with Crippen LogP contribution in [0.3, 0.4) is 0 Å². The van der Waals surface area contributed by atoms with Crippen molar-refractivity contribution in [2.45, 2.75) is 26.8 Å². The zero-order valence-corrected chi connectivity index (χ0v) is 8.57. The molecule has 13 heavy (non-hydrogen) atoms. The third kappa shape index (κ3) is 2.26. The molecule has 1 heterocycles. The maximum absolute atomic E-state index is 11.1. The molecular formula is C8H13N3OS. The van der Waals surface area contributed by atoms with Crippen LogP contribution in [0.2, 0.25) is 0 Å². The van der Waals surface area contributed by atoms with Gasteiger partial charge < -0.3 is 11.1 Å². The van der Waals surface area contributed by atoms with Gasteiger partial charge in [0.1, 0.15) is 5.00 Å². The minimum absolute atomic E-state index is 0.00153. The van der Waals surface area contributed by atoms with Gasteiger partial charge in [0, 0.05) is 18.5 Å². The lowest BCUT2D eigenvalue weighted by molar-refractivity contribution is -0.115. The Bertz CT molecular complexity index is 308. The number of nitrogens with zero attached hydrogens (tertiary/aromatic N) is 1. The van der Waals surface area contributed by atoms with E-state index < -0.39 is 0 Å². The van der Waals surface area contributed by atoms with Crippen LogP contribution in [0.25, 0.3) is 0 Å². The van der Waals surface area contributed by atoms with Crippen molar-refractivity contribution < 1.29 is 4.79 Å². The molecule has 0 aliphatic rings. The van der Waals surface area contributed by atoms with Gasteiger partial charge in [-0.1, -0.05) is 6.92 Å². The third-order valence-corrected chi connectivity index (χ3v) is 2.66. The Labute approximate surface area is 81.3 Å². The molecule has 0 aliphatic heterocycles. The van der Waals surface area contributed by atoms with E-state index in [1.807, 2.05) is 13.8 Å². The molecule has 0 aromatic carbocycles. The number of aryl methyl sites for hydroxylation is 1. The van der Waals surface area contributed by atoms with Gasteiger partial charge in [0.2, 0.25) is 5.91 Å². The van der Waals surface area contributed by atoms with Crippen molar-refractivity contribution in [2.24, 2.45) is 5.73 Å². The Kier molecular flexibility index (Phi) is 3.39. The van der Waals surface area contributed by atoms with Crippen molar-refractivity contribution in [3.05, 3.63) is 11.3 Å². The molecule has 0 saturated heterocycles. The van der Waals surface area contributed by atoms with Crippen molar-refractivity contribution in [3.63, 3.8) is 0 Å². The van der Waals surface area contributed by atoms with Crippen LogP contribution in [0, 0.1) is 6.92 Å². The normalized spacial score (nSPS) is 10.1. The van der Waals surface area contributed by atoms with Gasteiger partial charge in [0.25, 0.3) is 0 Å². The van der Waals surface area contributed by atoms with Crippen molar-refractivity contribution in [1.82, 2.24) is 4.37 Å². The molecule has 1 amide bonds. The second kappa shape index (κ2) is 4.34. The molecule has 0 atom stereocenters. The molecule has 1 aromatic rings. The van der Waals surface area contributed by atoms with E-state index in [1.165, 1.54) is 11.5 Å². The Balaban J connectivity index is 2.82. The molecule has 3 N–H and O–H groups in total. The zero-order chi connectivity index (χ0) is 9.84. The third-order valence-electron chi connectivity index (χ3n) is 1.76. The van der Waals surface area contributed by atoms with Gasteiger partial charge in [-0.05, 0) is 18.5 Å². The van der Waals surface area contributed by atoms with Gasteiger partial charge in [0.05, 0.1) is 5.69 Å². The number of nitrogens with two attached hydrogens (primary N) is 1. The fourth-order valence-electron chi connectivity index (χ4n) is 0.942. The van der Waals surface area contributed by atoms with Crippen LogP contribution in [0.1, 0.15) is 24.6 Å². The Hall–Kier alpha value is -0.940. The van der Waals surface area contributed by atoms with E-state index in [-0.39, 0.29) is 5.91 Å². The molecule has 5 heteroatoms. The molecule has 0 fully saturated rings. The Morgan fingerprint density at radius 2 is 2.38 bits per heavy atom. The van der Waals surface area contributed by atoms with E-state index in [4.69, 9.17) is 5.73 Å². The molecule has 0 saturated carbocycles. The van der Waals surface area contributed by atoms with E-state index in [0.717, 1.165) is 16.3 Å². The smallest absolute Gasteiger partial charge is 0.224 e. The quantitative estimate of drug-likeness (QED) is 0.770. The van der Waals surface area contributed by atoms with Crippen LogP contribution >= 0.6 is 11.5 Å². The monoisotopic (exact) mass is 199 g/mol. The van der Waals surface area contributed by atoms with Crippen molar-refractivity contribution in [3.8, 4) is 0 Å². The summed E-state index contributed by atoms with van der Waals surface area (Å²) in [7, 11) is 0. The van der Waals surface area contributed by atoms with Gasteiger partial charge in [-0.25, -0.2) is 0 Å². The first-order chi connectivity index (χ1) is 6.19. The molecule has 0 aliphatic carbocycles. The van der Waals surface area contributed by atoms with E-state index in [1.54, 1.807) is 0 Å². The largest absolute Gasteiger partial charge is 0.326 e. The zero-order valence-electron chi connectivity index (χ0n) is 7.76. The number of anilines is 1.